The van der Waals surface area contributed by atoms with Crippen LogP contribution in [0.4, 0.5) is 0 Å². The zero-order chi connectivity index (χ0) is 9.78. The molecule has 0 bridgehead atoms. The molecule has 0 saturated carbocycles. The van der Waals surface area contributed by atoms with Crippen molar-refractivity contribution in [3.63, 3.8) is 0 Å². The summed E-state index contributed by atoms with van der Waals surface area (Å²) >= 11 is 0. The molecular formula is C12H28CaO. The van der Waals surface area contributed by atoms with Crippen LogP contribution in [0.2, 0.25) is 0 Å². The molecule has 0 aromatic rings. The van der Waals surface area contributed by atoms with Gasteiger partial charge in [0.05, 0.1) is 0 Å². The number of hydrogen-bond acceptors (Lipinski definition) is 1. The third-order valence-corrected chi connectivity index (χ3v) is 2.51. The first-order chi connectivity index (χ1) is 6.41. The molecule has 0 aromatic heterocycles. The first-order valence-electron chi connectivity index (χ1n) is 6.02. The maximum absolute atomic E-state index is 8.57. The van der Waals surface area contributed by atoms with E-state index in [0.717, 1.165) is 6.42 Å². The second-order valence-corrected chi connectivity index (χ2v) is 3.91. The van der Waals surface area contributed by atoms with Crippen molar-refractivity contribution in [1.82, 2.24) is 0 Å². The Balaban J connectivity index is 0. The van der Waals surface area contributed by atoms with Gasteiger partial charge in [0.25, 0.3) is 0 Å². The van der Waals surface area contributed by atoms with Gasteiger partial charge in [0.15, 0.2) is 0 Å². The van der Waals surface area contributed by atoms with E-state index in [0.29, 0.717) is 6.61 Å². The molecule has 0 amide bonds. The number of aliphatic hydroxyl groups is 1. The van der Waals surface area contributed by atoms with Crippen molar-refractivity contribution in [1.29, 1.82) is 0 Å². The van der Waals surface area contributed by atoms with Gasteiger partial charge >= 0.3 is 37.7 Å². The van der Waals surface area contributed by atoms with E-state index < -0.39 is 0 Å². The van der Waals surface area contributed by atoms with Gasteiger partial charge in [-0.05, 0) is 6.42 Å². The summed E-state index contributed by atoms with van der Waals surface area (Å²) in [5.74, 6) is 0. The quantitative estimate of drug-likeness (QED) is 0.450. The van der Waals surface area contributed by atoms with Crippen molar-refractivity contribution < 1.29 is 5.11 Å². The fraction of sp³-hybridized carbons (Fsp3) is 1.00. The Bertz CT molecular complexity index is 76.4. The Hall–Kier alpha value is 1.22. The molecule has 0 spiro atoms. The van der Waals surface area contributed by atoms with E-state index in [-0.39, 0.29) is 37.7 Å². The van der Waals surface area contributed by atoms with Crippen molar-refractivity contribution in [2.45, 2.75) is 71.1 Å². The molecule has 0 fully saturated rings. The summed E-state index contributed by atoms with van der Waals surface area (Å²) in [5, 5.41) is 8.57. The zero-order valence-electron chi connectivity index (χ0n) is 9.23. The van der Waals surface area contributed by atoms with Crippen LogP contribution in [-0.4, -0.2) is 49.5 Å². The fourth-order valence-corrected chi connectivity index (χ4v) is 1.60. The molecule has 84 valence electrons. The van der Waals surface area contributed by atoms with Crippen molar-refractivity contribution in [3.8, 4) is 0 Å². The third kappa shape index (κ3) is 15.7. The van der Waals surface area contributed by atoms with Crippen LogP contribution in [0.25, 0.3) is 0 Å². The second kappa shape index (κ2) is 16.6. The van der Waals surface area contributed by atoms with Crippen LogP contribution in [-0.2, 0) is 0 Å². The van der Waals surface area contributed by atoms with Crippen LogP contribution >= 0.6 is 0 Å². The molecule has 0 saturated heterocycles. The molecule has 0 unspecified atom stereocenters. The zero-order valence-corrected chi connectivity index (χ0v) is 9.23. The van der Waals surface area contributed by atoms with E-state index in [4.69, 9.17) is 5.11 Å². The summed E-state index contributed by atoms with van der Waals surface area (Å²) in [6, 6.07) is 0. The Labute approximate surface area is 120 Å². The molecule has 0 aliphatic rings. The summed E-state index contributed by atoms with van der Waals surface area (Å²) in [7, 11) is 0. The average molecular weight is 228 g/mol. The van der Waals surface area contributed by atoms with E-state index in [1.54, 1.807) is 0 Å². The van der Waals surface area contributed by atoms with Gasteiger partial charge in [-0.3, -0.25) is 0 Å². The molecule has 1 nitrogen and oxygen atoms in total. The molecule has 0 atom stereocenters. The van der Waals surface area contributed by atoms with Crippen LogP contribution in [0.3, 0.4) is 0 Å². The fourth-order valence-electron chi connectivity index (χ4n) is 1.60. The van der Waals surface area contributed by atoms with E-state index in [2.05, 4.69) is 6.92 Å². The summed E-state index contributed by atoms with van der Waals surface area (Å²) < 4.78 is 0. The van der Waals surface area contributed by atoms with Crippen molar-refractivity contribution in [3.05, 3.63) is 0 Å². The Morgan fingerprint density at radius 3 is 1.36 bits per heavy atom. The van der Waals surface area contributed by atoms with Crippen molar-refractivity contribution in [2.24, 2.45) is 0 Å². The van der Waals surface area contributed by atoms with Gasteiger partial charge in [-0.25, -0.2) is 0 Å². The number of aliphatic hydroxyl groups excluding tert-OH is 1. The van der Waals surface area contributed by atoms with Crippen LogP contribution in [0.1, 0.15) is 71.1 Å². The summed E-state index contributed by atoms with van der Waals surface area (Å²) in [6.45, 7) is 2.63. The summed E-state index contributed by atoms with van der Waals surface area (Å²) in [4.78, 5) is 0. The minimum atomic E-state index is 0. The van der Waals surface area contributed by atoms with Gasteiger partial charge < -0.3 is 5.11 Å². The predicted molar refractivity (Wildman–Crippen MR) is 67.5 cm³/mol. The van der Waals surface area contributed by atoms with E-state index in [1.807, 2.05) is 0 Å². The second-order valence-electron chi connectivity index (χ2n) is 3.91. The summed E-state index contributed by atoms with van der Waals surface area (Å²) in [5.41, 5.74) is 0. The first kappa shape index (κ1) is 17.6. The van der Waals surface area contributed by atoms with Crippen molar-refractivity contribution in [2.75, 3.05) is 6.61 Å². The molecular weight excluding hydrogens is 200 g/mol. The van der Waals surface area contributed by atoms with E-state index in [1.165, 1.54) is 57.8 Å². The van der Waals surface area contributed by atoms with Gasteiger partial charge in [0.1, 0.15) is 0 Å². The monoisotopic (exact) mass is 228 g/mol. The van der Waals surface area contributed by atoms with Gasteiger partial charge in [-0.1, -0.05) is 64.7 Å². The number of rotatable bonds is 10. The van der Waals surface area contributed by atoms with Gasteiger partial charge in [-0.2, -0.15) is 0 Å². The topological polar surface area (TPSA) is 20.2 Å². The molecule has 1 N–H and O–H groups in total. The average Bonchev–Trinajstić information content (AvgIpc) is 2.16. The minimum absolute atomic E-state index is 0. The molecule has 0 radical (unpaired) electrons. The standard InChI is InChI=1S/C12H26O.Ca.2H/c1-2-3-4-5-6-7-8-9-10-11-12-13;;;/h13H,2-12H2,1H3;;;. The maximum atomic E-state index is 8.57. The molecule has 0 aliphatic carbocycles. The van der Waals surface area contributed by atoms with Gasteiger partial charge in [0, 0.05) is 6.61 Å². The molecule has 14 heavy (non-hydrogen) atoms. The van der Waals surface area contributed by atoms with E-state index >= 15 is 0 Å². The van der Waals surface area contributed by atoms with Crippen LogP contribution in [0.5, 0.6) is 0 Å². The van der Waals surface area contributed by atoms with Gasteiger partial charge in [0.2, 0.25) is 0 Å². The molecule has 0 aliphatic heterocycles. The van der Waals surface area contributed by atoms with Crippen molar-refractivity contribution >= 4 is 37.7 Å². The Kier molecular flexibility index (Phi) is 20.9. The SMILES string of the molecule is CCCCCCCCCCCCO.[CaH2]. The first-order valence-corrected chi connectivity index (χ1v) is 6.02. The van der Waals surface area contributed by atoms with Gasteiger partial charge in [-0.15, -0.1) is 0 Å². The van der Waals surface area contributed by atoms with Crippen LogP contribution < -0.4 is 0 Å². The molecule has 0 heterocycles. The molecule has 0 aromatic carbocycles. The normalized spacial score (nSPS) is 9.86. The summed E-state index contributed by atoms with van der Waals surface area (Å²) in [6.07, 6.45) is 13.3. The molecule has 0 rings (SSSR count). The predicted octanol–water partition coefficient (Wildman–Crippen LogP) is 2.98. The van der Waals surface area contributed by atoms with Crippen LogP contribution in [0.15, 0.2) is 0 Å². The molecule has 2 heteroatoms. The van der Waals surface area contributed by atoms with Crippen LogP contribution in [0, 0.1) is 0 Å². The number of hydrogen-bond donors (Lipinski definition) is 1. The third-order valence-electron chi connectivity index (χ3n) is 2.51. The number of unbranched alkanes of at least 4 members (excludes halogenated alkanes) is 9. The Morgan fingerprint density at radius 2 is 1.00 bits per heavy atom. The van der Waals surface area contributed by atoms with E-state index in [9.17, 15) is 0 Å². The Morgan fingerprint density at radius 1 is 0.643 bits per heavy atom.